The van der Waals surface area contributed by atoms with E-state index in [1.165, 1.54) is 131 Å². The van der Waals surface area contributed by atoms with Crippen LogP contribution in [0.1, 0.15) is 36.1 Å². The number of anilines is 3. The maximum atomic E-state index is 2.56. The van der Waals surface area contributed by atoms with Gasteiger partial charge in [-0.2, -0.15) is 0 Å². The Morgan fingerprint density at radius 1 is 0.431 bits per heavy atom. The van der Waals surface area contributed by atoms with Gasteiger partial charge in [-0.25, -0.2) is 0 Å². The first kappa shape index (κ1) is 38.0. The van der Waals surface area contributed by atoms with Gasteiger partial charge >= 0.3 is 0 Å². The summed E-state index contributed by atoms with van der Waals surface area (Å²) in [5.74, 6) is 0. The molecule has 0 saturated carbocycles. The van der Waals surface area contributed by atoms with Crippen LogP contribution in [0.2, 0.25) is 0 Å². The van der Waals surface area contributed by atoms with Crippen molar-refractivity contribution in [3.63, 3.8) is 0 Å². The van der Waals surface area contributed by atoms with Gasteiger partial charge in [0.25, 0.3) is 0 Å². The zero-order chi connectivity index (χ0) is 43.7. The summed E-state index contributed by atoms with van der Waals surface area (Å²) >= 11 is 1.88. The first-order chi connectivity index (χ1) is 31.7. The number of rotatable bonds is 5. The molecule has 0 saturated heterocycles. The van der Waals surface area contributed by atoms with Crippen molar-refractivity contribution in [1.29, 1.82) is 0 Å². The number of hydrogen-bond donors (Lipinski definition) is 0. The maximum absolute atomic E-state index is 2.56. The third-order valence-corrected chi connectivity index (χ3v) is 15.6. The lowest BCUT2D eigenvalue weighted by atomic mass is 9.80. The highest BCUT2D eigenvalue weighted by molar-refractivity contribution is 7.25. The molecule has 0 atom stereocenters. The van der Waals surface area contributed by atoms with Gasteiger partial charge in [0.2, 0.25) is 0 Å². The van der Waals surface area contributed by atoms with E-state index in [-0.39, 0.29) is 5.41 Å². The third-order valence-electron chi connectivity index (χ3n) is 14.4. The van der Waals surface area contributed by atoms with Crippen LogP contribution in [0.4, 0.5) is 17.1 Å². The van der Waals surface area contributed by atoms with E-state index in [4.69, 9.17) is 0 Å². The minimum atomic E-state index is -0.277. The topological polar surface area (TPSA) is 8.17 Å². The molecule has 0 amide bonds. The minimum Gasteiger partial charge on any atom is -0.344 e. The fraction of sp³-hybridized carbons (Fsp3) is 0.0968. The molecule has 0 bridgehead atoms. The average Bonchev–Trinajstić information content (AvgIpc) is 3.92. The van der Waals surface area contributed by atoms with Gasteiger partial charge in [-0.3, -0.25) is 0 Å². The van der Waals surface area contributed by atoms with Gasteiger partial charge in [-0.05, 0) is 123 Å². The highest BCUT2D eigenvalue weighted by Gasteiger charge is 2.38. The number of aromatic nitrogens is 1. The highest BCUT2D eigenvalue weighted by atomic mass is 32.1. The van der Waals surface area contributed by atoms with Gasteiger partial charge in [-0.15, -0.1) is 11.3 Å². The van der Waals surface area contributed by atoms with Crippen LogP contribution in [-0.4, -0.2) is 4.57 Å². The normalized spacial score (nSPS) is 13.1. The van der Waals surface area contributed by atoms with Crippen LogP contribution in [0.25, 0.3) is 96.9 Å². The molecular weight excluding hydrogens is 805 g/mol. The largest absolute Gasteiger partial charge is 0.344 e. The fourth-order valence-electron chi connectivity index (χ4n) is 11.5. The Morgan fingerprint density at radius 2 is 1.05 bits per heavy atom. The van der Waals surface area contributed by atoms with Crippen LogP contribution in [0, 0.1) is 13.8 Å². The van der Waals surface area contributed by atoms with Gasteiger partial charge in [0.15, 0.2) is 0 Å². The number of thiophene rings is 1. The van der Waals surface area contributed by atoms with Crippen LogP contribution in [0.15, 0.2) is 188 Å². The zero-order valence-electron chi connectivity index (χ0n) is 37.2. The molecule has 65 heavy (non-hydrogen) atoms. The van der Waals surface area contributed by atoms with E-state index < -0.39 is 0 Å². The molecular formula is C62H46N2S. The Bertz CT molecular complexity index is 3950. The smallest absolute Gasteiger partial charge is 0.0562 e. The van der Waals surface area contributed by atoms with Crippen molar-refractivity contribution >= 4 is 91.9 Å². The van der Waals surface area contributed by atoms with Crippen molar-refractivity contribution in [2.45, 2.75) is 33.1 Å². The number of nitrogens with zero attached hydrogens (tertiary/aromatic N) is 2. The van der Waals surface area contributed by atoms with Gasteiger partial charge in [0.05, 0.1) is 16.9 Å². The second kappa shape index (κ2) is 14.0. The number of para-hydroxylation sites is 1. The standard InChI is InChI=1S/C62H46N2S/c1-37-31-38(2)33-40(32-37)43-30-29-42(44-15-6-7-16-45(43)44)39-25-27-50-52(34-39)62(3,4)53-36-57(46-17-8-9-19-49(46)60(50)53)64(41-26-28-48-47-18-11-13-24-58(47)65-59(48)35-41)56-23-14-22-55-61(56)51-20-10-12-21-54(51)63(55)5/h6-36H,1-5H3. The monoisotopic (exact) mass is 850 g/mol. The molecule has 2 nitrogen and oxygen atoms in total. The Hall–Kier alpha value is -7.46. The third kappa shape index (κ3) is 5.58. The van der Waals surface area contributed by atoms with Crippen molar-refractivity contribution in [1.82, 2.24) is 4.57 Å². The van der Waals surface area contributed by atoms with Crippen molar-refractivity contribution in [3.8, 4) is 33.4 Å². The number of fused-ring (bicyclic) bond motifs is 12. The Balaban J connectivity index is 1.03. The molecule has 0 spiro atoms. The number of hydrogen-bond acceptors (Lipinski definition) is 2. The van der Waals surface area contributed by atoms with E-state index in [0.29, 0.717) is 0 Å². The van der Waals surface area contributed by atoms with E-state index in [0.717, 1.165) is 5.69 Å². The first-order valence-electron chi connectivity index (χ1n) is 22.7. The van der Waals surface area contributed by atoms with Crippen LogP contribution < -0.4 is 4.90 Å². The summed E-state index contributed by atoms with van der Waals surface area (Å²) in [5, 5.41) is 10.2. The predicted molar refractivity (Wildman–Crippen MR) is 281 cm³/mol. The lowest BCUT2D eigenvalue weighted by Crippen LogP contribution is -2.17. The van der Waals surface area contributed by atoms with Crippen molar-refractivity contribution in [2.75, 3.05) is 4.90 Å². The van der Waals surface area contributed by atoms with Crippen LogP contribution in [0.3, 0.4) is 0 Å². The van der Waals surface area contributed by atoms with Gasteiger partial charge in [-0.1, -0.05) is 165 Å². The predicted octanol–water partition coefficient (Wildman–Crippen LogP) is 17.7. The molecule has 3 heteroatoms. The molecule has 10 aromatic carbocycles. The minimum absolute atomic E-state index is 0.277. The SMILES string of the molecule is Cc1cc(C)cc(-c2ccc(-c3ccc4c(c3)C(C)(C)c3cc(N(c5ccc6c(c5)sc5ccccc56)c5cccc6c5c5ccccc5n6C)c5ccccc5c3-4)c3ccccc23)c1. The summed E-state index contributed by atoms with van der Waals surface area (Å²) in [4.78, 5) is 2.56. The molecule has 0 fully saturated rings. The second-order valence-corrected chi connectivity index (χ2v) is 19.8. The van der Waals surface area contributed by atoms with E-state index in [2.05, 4.69) is 232 Å². The molecule has 0 unspecified atom stereocenters. The number of aryl methyl sites for hydroxylation is 3. The van der Waals surface area contributed by atoms with Gasteiger partial charge < -0.3 is 9.47 Å². The zero-order valence-corrected chi connectivity index (χ0v) is 38.0. The molecule has 0 N–H and O–H groups in total. The van der Waals surface area contributed by atoms with E-state index >= 15 is 0 Å². The molecule has 12 aromatic rings. The van der Waals surface area contributed by atoms with Crippen molar-refractivity contribution in [3.05, 3.63) is 210 Å². The quantitative estimate of drug-likeness (QED) is 0.167. The molecule has 0 aliphatic heterocycles. The summed E-state index contributed by atoms with van der Waals surface area (Å²) in [7, 11) is 2.20. The highest BCUT2D eigenvalue weighted by Crippen LogP contribution is 2.56. The van der Waals surface area contributed by atoms with Crippen molar-refractivity contribution in [2.24, 2.45) is 7.05 Å². The van der Waals surface area contributed by atoms with E-state index in [1.807, 2.05) is 11.3 Å². The van der Waals surface area contributed by atoms with Crippen LogP contribution in [0.5, 0.6) is 0 Å². The first-order valence-corrected chi connectivity index (χ1v) is 23.5. The summed E-state index contributed by atoms with van der Waals surface area (Å²) in [6.45, 7) is 9.25. The summed E-state index contributed by atoms with van der Waals surface area (Å²) in [5.41, 5.74) is 18.7. The lowest BCUT2D eigenvalue weighted by molar-refractivity contribution is 0.661. The van der Waals surface area contributed by atoms with Gasteiger partial charge in [0, 0.05) is 60.0 Å². The van der Waals surface area contributed by atoms with Crippen LogP contribution >= 0.6 is 11.3 Å². The second-order valence-electron chi connectivity index (χ2n) is 18.7. The molecule has 1 aliphatic carbocycles. The molecule has 2 heterocycles. The summed E-state index contributed by atoms with van der Waals surface area (Å²) in [6.07, 6.45) is 0. The molecule has 310 valence electrons. The number of benzene rings is 10. The molecule has 0 radical (unpaired) electrons. The molecule has 1 aliphatic rings. The maximum Gasteiger partial charge on any atom is 0.0562 e. The summed E-state index contributed by atoms with van der Waals surface area (Å²) < 4.78 is 4.95. The average molecular weight is 851 g/mol. The van der Waals surface area contributed by atoms with Gasteiger partial charge in [0.1, 0.15) is 0 Å². The molecule has 13 rings (SSSR count). The Labute approximate surface area is 383 Å². The summed E-state index contributed by atoms with van der Waals surface area (Å²) in [6, 6.07) is 71.0. The Kier molecular flexibility index (Phi) is 8.20. The Morgan fingerprint density at radius 3 is 1.82 bits per heavy atom. The fourth-order valence-corrected chi connectivity index (χ4v) is 12.6. The lowest BCUT2D eigenvalue weighted by Gasteiger charge is -2.30. The molecule has 2 aromatic heterocycles. The van der Waals surface area contributed by atoms with Crippen molar-refractivity contribution < 1.29 is 0 Å². The van der Waals surface area contributed by atoms with Crippen LogP contribution in [-0.2, 0) is 12.5 Å². The van der Waals surface area contributed by atoms with E-state index in [1.54, 1.807) is 0 Å². The van der Waals surface area contributed by atoms with E-state index in [9.17, 15) is 0 Å².